The second-order valence-electron chi connectivity index (χ2n) is 5.01. The maximum absolute atomic E-state index is 9.70. The summed E-state index contributed by atoms with van der Waals surface area (Å²) in [6, 6.07) is 0. The van der Waals surface area contributed by atoms with Crippen LogP contribution in [0.1, 0.15) is 65.7 Å². The Morgan fingerprint density at radius 2 is 1.80 bits per heavy atom. The standard InChI is InChI=1S/C13H28O2/c1-4-6-7-8-13(3,9-10-14)11-12(15)5-2/h12,14-15H,4-11H2,1-3H3. The molecule has 2 nitrogen and oxygen atoms in total. The van der Waals surface area contributed by atoms with Crippen LogP contribution in [0.2, 0.25) is 0 Å². The van der Waals surface area contributed by atoms with Gasteiger partial charge in [-0.1, -0.05) is 40.0 Å². The number of unbranched alkanes of at least 4 members (excludes halogenated alkanes) is 2. The molecule has 0 heterocycles. The van der Waals surface area contributed by atoms with Gasteiger partial charge < -0.3 is 10.2 Å². The summed E-state index contributed by atoms with van der Waals surface area (Å²) >= 11 is 0. The number of hydrogen-bond donors (Lipinski definition) is 2. The van der Waals surface area contributed by atoms with E-state index in [-0.39, 0.29) is 18.1 Å². The molecule has 2 heteroatoms. The van der Waals surface area contributed by atoms with E-state index < -0.39 is 0 Å². The summed E-state index contributed by atoms with van der Waals surface area (Å²) in [5.41, 5.74) is 0.124. The van der Waals surface area contributed by atoms with E-state index in [1.54, 1.807) is 0 Å². The Labute approximate surface area is 94.7 Å². The maximum atomic E-state index is 9.70. The largest absolute Gasteiger partial charge is 0.396 e. The van der Waals surface area contributed by atoms with Crippen LogP contribution in [-0.4, -0.2) is 22.9 Å². The van der Waals surface area contributed by atoms with Crippen LogP contribution >= 0.6 is 0 Å². The minimum atomic E-state index is -0.205. The van der Waals surface area contributed by atoms with Crippen LogP contribution in [0, 0.1) is 5.41 Å². The molecule has 0 rings (SSSR count). The summed E-state index contributed by atoms with van der Waals surface area (Å²) in [4.78, 5) is 0. The zero-order chi connectivity index (χ0) is 11.7. The average molecular weight is 216 g/mol. The second-order valence-corrected chi connectivity index (χ2v) is 5.01. The van der Waals surface area contributed by atoms with Gasteiger partial charge in [-0.05, 0) is 31.1 Å². The Kier molecular flexibility index (Phi) is 8.07. The molecule has 0 bridgehead atoms. The lowest BCUT2D eigenvalue weighted by molar-refractivity contribution is 0.0771. The topological polar surface area (TPSA) is 40.5 Å². The molecule has 0 aromatic heterocycles. The van der Waals surface area contributed by atoms with Crippen molar-refractivity contribution in [3.8, 4) is 0 Å². The molecule has 0 radical (unpaired) electrons. The summed E-state index contributed by atoms with van der Waals surface area (Å²) in [6.45, 7) is 6.64. The molecule has 0 fully saturated rings. The lowest BCUT2D eigenvalue weighted by Gasteiger charge is -2.31. The molecule has 0 aromatic carbocycles. The van der Waals surface area contributed by atoms with Crippen LogP contribution in [0.5, 0.6) is 0 Å². The number of rotatable bonds is 9. The number of hydrogen-bond acceptors (Lipinski definition) is 2. The first-order chi connectivity index (χ1) is 7.08. The first-order valence-corrected chi connectivity index (χ1v) is 6.37. The van der Waals surface area contributed by atoms with Gasteiger partial charge in [0.25, 0.3) is 0 Å². The number of aliphatic hydroxyl groups excluding tert-OH is 2. The van der Waals surface area contributed by atoms with Gasteiger partial charge in [0.15, 0.2) is 0 Å². The van der Waals surface area contributed by atoms with Gasteiger partial charge >= 0.3 is 0 Å². The highest BCUT2D eigenvalue weighted by Gasteiger charge is 2.25. The molecule has 2 atom stereocenters. The highest BCUT2D eigenvalue weighted by Crippen LogP contribution is 2.34. The fourth-order valence-corrected chi connectivity index (χ4v) is 2.11. The van der Waals surface area contributed by atoms with Crippen molar-refractivity contribution in [1.29, 1.82) is 0 Å². The smallest absolute Gasteiger partial charge is 0.0542 e. The molecular weight excluding hydrogens is 188 g/mol. The molecule has 0 aliphatic heterocycles. The molecule has 15 heavy (non-hydrogen) atoms. The average Bonchev–Trinajstić information content (AvgIpc) is 2.18. The third-order valence-corrected chi connectivity index (χ3v) is 3.30. The van der Waals surface area contributed by atoms with E-state index in [1.165, 1.54) is 19.3 Å². The van der Waals surface area contributed by atoms with Gasteiger partial charge in [0.1, 0.15) is 0 Å². The van der Waals surface area contributed by atoms with E-state index in [1.807, 2.05) is 6.92 Å². The molecule has 0 saturated heterocycles. The summed E-state index contributed by atoms with van der Waals surface area (Å²) < 4.78 is 0. The first-order valence-electron chi connectivity index (χ1n) is 6.37. The highest BCUT2D eigenvalue weighted by atomic mass is 16.3. The molecule has 0 aromatic rings. The molecule has 0 aliphatic rings. The monoisotopic (exact) mass is 216 g/mol. The minimum Gasteiger partial charge on any atom is -0.396 e. The fourth-order valence-electron chi connectivity index (χ4n) is 2.11. The molecule has 2 unspecified atom stereocenters. The van der Waals surface area contributed by atoms with Gasteiger partial charge in [0.2, 0.25) is 0 Å². The van der Waals surface area contributed by atoms with E-state index in [0.717, 1.165) is 25.7 Å². The van der Waals surface area contributed by atoms with Crippen molar-refractivity contribution in [3.05, 3.63) is 0 Å². The van der Waals surface area contributed by atoms with Gasteiger partial charge in [-0.25, -0.2) is 0 Å². The maximum Gasteiger partial charge on any atom is 0.0542 e. The highest BCUT2D eigenvalue weighted by molar-refractivity contribution is 4.77. The minimum absolute atomic E-state index is 0.124. The summed E-state index contributed by atoms with van der Waals surface area (Å²) in [6.07, 6.45) is 7.07. The Morgan fingerprint density at radius 1 is 1.13 bits per heavy atom. The molecule has 2 N–H and O–H groups in total. The van der Waals surface area contributed by atoms with E-state index in [2.05, 4.69) is 13.8 Å². The predicted molar refractivity (Wildman–Crippen MR) is 64.9 cm³/mol. The van der Waals surface area contributed by atoms with Gasteiger partial charge in [-0.15, -0.1) is 0 Å². The second kappa shape index (κ2) is 8.12. The van der Waals surface area contributed by atoms with Gasteiger partial charge in [-0.3, -0.25) is 0 Å². The van der Waals surface area contributed by atoms with E-state index >= 15 is 0 Å². The van der Waals surface area contributed by atoms with E-state index in [0.29, 0.717) is 0 Å². The van der Waals surface area contributed by atoms with E-state index in [9.17, 15) is 5.11 Å². The molecule has 0 saturated carbocycles. The zero-order valence-corrected chi connectivity index (χ0v) is 10.6. The molecule has 0 aliphatic carbocycles. The van der Waals surface area contributed by atoms with Crippen LogP contribution < -0.4 is 0 Å². The van der Waals surface area contributed by atoms with Crippen molar-refractivity contribution in [2.24, 2.45) is 5.41 Å². The Bertz CT molecular complexity index is 147. The Morgan fingerprint density at radius 3 is 2.27 bits per heavy atom. The van der Waals surface area contributed by atoms with Crippen LogP contribution in [0.15, 0.2) is 0 Å². The Hall–Kier alpha value is -0.0800. The number of aliphatic hydroxyl groups is 2. The molecular formula is C13H28O2. The molecule has 0 spiro atoms. The van der Waals surface area contributed by atoms with Gasteiger partial charge in [0, 0.05) is 6.61 Å². The van der Waals surface area contributed by atoms with Crippen molar-refractivity contribution in [2.45, 2.75) is 71.8 Å². The third kappa shape index (κ3) is 6.91. The Balaban J connectivity index is 4.05. The summed E-state index contributed by atoms with van der Waals surface area (Å²) in [5, 5.41) is 18.8. The predicted octanol–water partition coefficient (Wildman–Crippen LogP) is 3.12. The summed E-state index contributed by atoms with van der Waals surface area (Å²) in [7, 11) is 0. The van der Waals surface area contributed by atoms with Crippen molar-refractivity contribution in [1.82, 2.24) is 0 Å². The fraction of sp³-hybridized carbons (Fsp3) is 1.00. The summed E-state index contributed by atoms with van der Waals surface area (Å²) in [5.74, 6) is 0. The first kappa shape index (κ1) is 14.9. The van der Waals surface area contributed by atoms with Crippen LogP contribution in [-0.2, 0) is 0 Å². The van der Waals surface area contributed by atoms with Gasteiger partial charge in [-0.2, -0.15) is 0 Å². The lowest BCUT2D eigenvalue weighted by Crippen LogP contribution is -2.24. The van der Waals surface area contributed by atoms with Crippen molar-refractivity contribution in [3.63, 3.8) is 0 Å². The lowest BCUT2D eigenvalue weighted by atomic mass is 9.77. The third-order valence-electron chi connectivity index (χ3n) is 3.30. The zero-order valence-electron chi connectivity index (χ0n) is 10.6. The van der Waals surface area contributed by atoms with Crippen molar-refractivity contribution in [2.75, 3.05) is 6.61 Å². The van der Waals surface area contributed by atoms with Gasteiger partial charge in [0.05, 0.1) is 6.10 Å². The van der Waals surface area contributed by atoms with Crippen LogP contribution in [0.25, 0.3) is 0 Å². The molecule has 92 valence electrons. The quantitative estimate of drug-likeness (QED) is 0.581. The van der Waals surface area contributed by atoms with E-state index in [4.69, 9.17) is 5.11 Å². The van der Waals surface area contributed by atoms with Crippen LogP contribution in [0.3, 0.4) is 0 Å². The van der Waals surface area contributed by atoms with Crippen molar-refractivity contribution < 1.29 is 10.2 Å². The molecule has 0 amide bonds. The SMILES string of the molecule is CCCCCC(C)(CCO)CC(O)CC. The van der Waals surface area contributed by atoms with Crippen molar-refractivity contribution >= 4 is 0 Å². The normalized spacial score (nSPS) is 17.4. The van der Waals surface area contributed by atoms with Crippen LogP contribution in [0.4, 0.5) is 0 Å².